The largest absolute Gasteiger partial charge is 0.462 e. The topological polar surface area (TPSA) is 67.4 Å². The molecule has 0 heterocycles. The summed E-state index contributed by atoms with van der Waals surface area (Å²) >= 11 is 0. The van der Waals surface area contributed by atoms with Gasteiger partial charge in [-0.2, -0.15) is 0 Å². The maximum Gasteiger partial charge on any atom is 0.338 e. The third-order valence-corrected chi connectivity index (χ3v) is 3.30. The first-order valence-corrected chi connectivity index (χ1v) is 7.57. The lowest BCUT2D eigenvalue weighted by atomic mass is 10.1. The molecular weight excluding hydrogens is 292 g/mol. The number of hydrogen-bond acceptors (Lipinski definition) is 3. The third kappa shape index (κ3) is 4.57. The maximum absolute atomic E-state index is 12.1. The van der Waals surface area contributed by atoms with Crippen LogP contribution in [0.1, 0.15) is 29.8 Å². The van der Waals surface area contributed by atoms with Crippen LogP contribution in [-0.4, -0.2) is 18.6 Å². The van der Waals surface area contributed by atoms with Crippen LogP contribution in [0.25, 0.3) is 0 Å². The minimum Gasteiger partial charge on any atom is -0.462 e. The Balaban J connectivity index is 1.99. The summed E-state index contributed by atoms with van der Waals surface area (Å²) in [6.45, 7) is 4.12. The van der Waals surface area contributed by atoms with E-state index in [-0.39, 0.29) is 12.0 Å². The second kappa shape index (κ2) is 7.98. The number of esters is 1. The molecular formula is C18H20N2O3. The highest BCUT2D eigenvalue weighted by atomic mass is 16.5. The molecule has 0 spiro atoms. The van der Waals surface area contributed by atoms with Crippen LogP contribution < -0.4 is 10.6 Å². The van der Waals surface area contributed by atoms with Gasteiger partial charge in [-0.15, -0.1) is 0 Å². The monoisotopic (exact) mass is 312 g/mol. The fraction of sp³-hybridized carbons (Fsp3) is 0.222. The minimum atomic E-state index is -0.375. The fourth-order valence-corrected chi connectivity index (χ4v) is 2.14. The highest BCUT2D eigenvalue weighted by molar-refractivity contribution is 6.00. The predicted octanol–water partition coefficient (Wildman–Crippen LogP) is 4.07. The summed E-state index contributed by atoms with van der Waals surface area (Å²) in [4.78, 5) is 23.6. The number of anilines is 2. The second-order valence-corrected chi connectivity index (χ2v) is 4.89. The number of amides is 2. The van der Waals surface area contributed by atoms with Crippen LogP contribution in [0.5, 0.6) is 0 Å². The lowest BCUT2D eigenvalue weighted by molar-refractivity contribution is 0.0526. The summed E-state index contributed by atoms with van der Waals surface area (Å²) in [5.74, 6) is -0.375. The number of urea groups is 1. The Morgan fingerprint density at radius 1 is 0.957 bits per heavy atom. The van der Waals surface area contributed by atoms with E-state index in [9.17, 15) is 9.59 Å². The van der Waals surface area contributed by atoms with E-state index in [0.29, 0.717) is 17.9 Å². The van der Waals surface area contributed by atoms with Crippen molar-refractivity contribution in [1.82, 2.24) is 0 Å². The van der Waals surface area contributed by atoms with Crippen molar-refractivity contribution < 1.29 is 14.3 Å². The van der Waals surface area contributed by atoms with E-state index in [2.05, 4.69) is 10.6 Å². The second-order valence-electron chi connectivity index (χ2n) is 4.89. The van der Waals surface area contributed by atoms with Crippen LogP contribution in [0, 0.1) is 0 Å². The molecule has 0 aromatic heterocycles. The highest BCUT2D eigenvalue weighted by Gasteiger charge is 2.08. The number of benzene rings is 2. The van der Waals surface area contributed by atoms with E-state index in [1.165, 1.54) is 0 Å². The van der Waals surface area contributed by atoms with Crippen molar-refractivity contribution in [2.75, 3.05) is 17.2 Å². The quantitative estimate of drug-likeness (QED) is 0.818. The lowest BCUT2D eigenvalue weighted by Crippen LogP contribution is -2.20. The Morgan fingerprint density at radius 2 is 1.65 bits per heavy atom. The number of carbonyl (C=O) groups excluding carboxylic acids is 2. The molecule has 0 saturated heterocycles. The summed E-state index contributed by atoms with van der Waals surface area (Å²) in [6.07, 6.45) is 0.838. The van der Waals surface area contributed by atoms with E-state index in [4.69, 9.17) is 4.74 Å². The molecule has 2 rings (SSSR count). The molecule has 0 atom stereocenters. The van der Waals surface area contributed by atoms with Crippen molar-refractivity contribution >= 4 is 23.4 Å². The standard InChI is InChI=1S/C18H20N2O3/c1-3-13-7-5-6-8-16(13)20-18(22)19-15-11-9-14(10-12-15)17(21)23-4-2/h5-12H,3-4H2,1-2H3,(H2,19,20,22). The van der Waals surface area contributed by atoms with Gasteiger partial charge < -0.3 is 15.4 Å². The van der Waals surface area contributed by atoms with E-state index in [0.717, 1.165) is 17.7 Å². The number of ether oxygens (including phenoxy) is 1. The summed E-state index contributed by atoms with van der Waals surface area (Å²) in [7, 11) is 0. The van der Waals surface area contributed by atoms with E-state index >= 15 is 0 Å². The van der Waals surface area contributed by atoms with Crippen LogP contribution in [0.3, 0.4) is 0 Å². The zero-order valence-corrected chi connectivity index (χ0v) is 13.3. The van der Waals surface area contributed by atoms with Gasteiger partial charge in [-0.25, -0.2) is 9.59 Å². The first-order valence-electron chi connectivity index (χ1n) is 7.57. The molecule has 0 aliphatic carbocycles. The molecule has 5 heteroatoms. The van der Waals surface area contributed by atoms with Gasteiger partial charge in [0.2, 0.25) is 0 Å². The molecule has 0 radical (unpaired) electrons. The smallest absolute Gasteiger partial charge is 0.338 e. The number of para-hydroxylation sites is 1. The molecule has 0 unspecified atom stereocenters. The zero-order chi connectivity index (χ0) is 16.7. The van der Waals surface area contributed by atoms with E-state index in [1.807, 2.05) is 31.2 Å². The Morgan fingerprint density at radius 3 is 2.30 bits per heavy atom. The van der Waals surface area contributed by atoms with Crippen molar-refractivity contribution in [3.05, 3.63) is 59.7 Å². The van der Waals surface area contributed by atoms with Crippen molar-refractivity contribution in [1.29, 1.82) is 0 Å². The van der Waals surface area contributed by atoms with Crippen LogP contribution in [0.15, 0.2) is 48.5 Å². The Labute approximate surface area is 135 Å². The zero-order valence-electron chi connectivity index (χ0n) is 13.3. The molecule has 2 aromatic carbocycles. The number of rotatable bonds is 5. The molecule has 2 amide bonds. The van der Waals surface area contributed by atoms with Crippen LogP contribution in [-0.2, 0) is 11.2 Å². The summed E-state index contributed by atoms with van der Waals surface area (Å²) in [5, 5.41) is 5.56. The number of hydrogen-bond donors (Lipinski definition) is 2. The van der Waals surface area contributed by atoms with Crippen molar-refractivity contribution in [3.63, 3.8) is 0 Å². The number of aryl methyl sites for hydroxylation is 1. The number of carbonyl (C=O) groups is 2. The summed E-state index contributed by atoms with van der Waals surface area (Å²) in [5.41, 5.74) is 2.91. The molecule has 0 saturated carbocycles. The van der Waals surface area contributed by atoms with Gasteiger partial charge in [0, 0.05) is 11.4 Å². The Hall–Kier alpha value is -2.82. The molecule has 23 heavy (non-hydrogen) atoms. The predicted molar refractivity (Wildman–Crippen MR) is 90.9 cm³/mol. The van der Waals surface area contributed by atoms with Crippen LogP contribution in [0.2, 0.25) is 0 Å². The van der Waals surface area contributed by atoms with Gasteiger partial charge in [0.25, 0.3) is 0 Å². The van der Waals surface area contributed by atoms with Gasteiger partial charge in [-0.05, 0) is 49.2 Å². The minimum absolute atomic E-state index is 0.324. The first-order chi connectivity index (χ1) is 11.1. The molecule has 120 valence electrons. The first kappa shape index (κ1) is 16.5. The molecule has 5 nitrogen and oxygen atoms in total. The summed E-state index contributed by atoms with van der Waals surface area (Å²) < 4.78 is 4.91. The van der Waals surface area contributed by atoms with Crippen molar-refractivity contribution in [2.24, 2.45) is 0 Å². The maximum atomic E-state index is 12.1. The Kier molecular flexibility index (Phi) is 5.74. The third-order valence-electron chi connectivity index (χ3n) is 3.30. The van der Waals surface area contributed by atoms with Gasteiger partial charge >= 0.3 is 12.0 Å². The fourth-order valence-electron chi connectivity index (χ4n) is 2.14. The van der Waals surface area contributed by atoms with Gasteiger partial charge in [0.1, 0.15) is 0 Å². The van der Waals surface area contributed by atoms with E-state index in [1.54, 1.807) is 31.2 Å². The molecule has 0 aliphatic heterocycles. The molecule has 0 fully saturated rings. The van der Waals surface area contributed by atoms with Gasteiger partial charge in [0.05, 0.1) is 12.2 Å². The van der Waals surface area contributed by atoms with Crippen LogP contribution >= 0.6 is 0 Å². The molecule has 0 bridgehead atoms. The average molecular weight is 312 g/mol. The van der Waals surface area contributed by atoms with Gasteiger partial charge in [0.15, 0.2) is 0 Å². The van der Waals surface area contributed by atoms with Gasteiger partial charge in [-0.3, -0.25) is 0 Å². The molecule has 0 aliphatic rings. The Bertz CT molecular complexity index is 681. The van der Waals surface area contributed by atoms with Crippen LogP contribution in [0.4, 0.5) is 16.2 Å². The lowest BCUT2D eigenvalue weighted by Gasteiger charge is -2.11. The van der Waals surface area contributed by atoms with Crippen molar-refractivity contribution in [2.45, 2.75) is 20.3 Å². The molecule has 2 N–H and O–H groups in total. The van der Waals surface area contributed by atoms with E-state index < -0.39 is 0 Å². The van der Waals surface area contributed by atoms with Gasteiger partial charge in [-0.1, -0.05) is 25.1 Å². The SMILES string of the molecule is CCOC(=O)c1ccc(NC(=O)Nc2ccccc2CC)cc1. The number of nitrogens with one attached hydrogen (secondary N) is 2. The highest BCUT2D eigenvalue weighted by Crippen LogP contribution is 2.16. The van der Waals surface area contributed by atoms with Crippen molar-refractivity contribution in [3.8, 4) is 0 Å². The average Bonchev–Trinajstić information content (AvgIpc) is 2.56. The molecule has 2 aromatic rings. The summed E-state index contributed by atoms with van der Waals surface area (Å²) in [6, 6.07) is 13.9. The normalized spacial score (nSPS) is 10.0.